The van der Waals surface area contributed by atoms with Crippen molar-refractivity contribution < 1.29 is 38.9 Å². The summed E-state index contributed by atoms with van der Waals surface area (Å²) >= 11 is 0. The second-order valence-corrected chi connectivity index (χ2v) is 16.7. The van der Waals surface area contributed by atoms with Crippen molar-refractivity contribution in [3.05, 3.63) is 53.6 Å². The highest BCUT2D eigenvalue weighted by Gasteiger charge is 2.66. The van der Waals surface area contributed by atoms with E-state index in [0.717, 1.165) is 18.4 Å². The van der Waals surface area contributed by atoms with Gasteiger partial charge >= 0.3 is 0 Å². The molecule has 11 nitrogen and oxygen atoms in total. The minimum Gasteiger partial charge on any atom is -0.497 e. The van der Waals surface area contributed by atoms with Crippen LogP contribution in [0.3, 0.4) is 0 Å². The molecule has 3 aliphatic rings. The lowest BCUT2D eigenvalue weighted by Crippen LogP contribution is -2.46. The average molecular weight is 626 g/mol. The number of aliphatic hydroxyl groups excluding tert-OH is 2. The van der Waals surface area contributed by atoms with Gasteiger partial charge in [0.25, 0.3) is 11.8 Å². The van der Waals surface area contributed by atoms with Crippen LogP contribution in [0.5, 0.6) is 5.75 Å². The minimum absolute atomic E-state index is 0.00184. The van der Waals surface area contributed by atoms with E-state index in [0.29, 0.717) is 29.2 Å². The van der Waals surface area contributed by atoms with Gasteiger partial charge in [0.2, 0.25) is 5.91 Å². The molecule has 44 heavy (non-hydrogen) atoms. The Hall–Kier alpha value is -3.29. The van der Waals surface area contributed by atoms with Crippen molar-refractivity contribution in [2.75, 3.05) is 30.5 Å². The SMILES string of the molecule is COc1ccc2c(c1)[C@]1(O[C@@H](CC(=O)N3CCC[C@H]3CO)[C@H]([Si](C)(C)O)[C@H]1C)C(=O)N2Cc1cccc(NC(=O)[C@H](C)O)c1. The highest BCUT2D eigenvalue weighted by Crippen LogP contribution is 2.60. The molecule has 2 aromatic carbocycles. The highest BCUT2D eigenvalue weighted by atomic mass is 28.4. The molecule has 4 N–H and O–H groups in total. The Morgan fingerprint density at radius 1 is 1.23 bits per heavy atom. The maximum atomic E-state index is 14.7. The first kappa shape index (κ1) is 32.1. The third-order valence-electron chi connectivity index (χ3n) is 9.39. The van der Waals surface area contributed by atoms with Gasteiger partial charge in [-0.2, -0.15) is 0 Å². The summed E-state index contributed by atoms with van der Waals surface area (Å²) in [4.78, 5) is 55.2. The maximum absolute atomic E-state index is 14.7. The molecule has 2 aromatic rings. The zero-order valence-corrected chi connectivity index (χ0v) is 26.9. The molecule has 0 aromatic heterocycles. The van der Waals surface area contributed by atoms with Gasteiger partial charge in [-0.05, 0) is 68.8 Å². The number of carbonyl (C=O) groups excluding carboxylic acids is 3. The standard InChI is InChI=1S/C32H43N3O8Si/c1-19-29(44(4,5)41)27(16-28(38)34-13-7-10-23(34)18-36)43-32(19)25-15-24(42-3)11-12-26(25)35(31(32)40)17-21-8-6-9-22(14-21)33-30(39)20(2)37/h6,8-9,11-12,14-15,19-20,23,27,29,36-37,41H,7,10,13,16-18H2,1-5H3,(H,33,39)/t19-,20+,23+,27+,29-,32+/m1/s1. The number of nitrogens with zero attached hydrogens (tertiary/aromatic N) is 2. The first-order valence-corrected chi connectivity index (χ1v) is 18.2. The molecule has 0 radical (unpaired) electrons. The smallest absolute Gasteiger partial charge is 0.264 e. The lowest BCUT2D eigenvalue weighted by atomic mass is 9.82. The monoisotopic (exact) mass is 625 g/mol. The van der Waals surface area contributed by atoms with E-state index in [1.54, 1.807) is 47.2 Å². The molecule has 3 aliphatic heterocycles. The topological polar surface area (TPSA) is 149 Å². The molecule has 0 bridgehead atoms. The summed E-state index contributed by atoms with van der Waals surface area (Å²) in [5.74, 6) is -0.886. The van der Waals surface area contributed by atoms with Crippen LogP contribution in [0, 0.1) is 5.92 Å². The first-order chi connectivity index (χ1) is 20.8. The molecule has 3 amide bonds. The second-order valence-electron chi connectivity index (χ2n) is 12.8. The Morgan fingerprint density at radius 3 is 2.64 bits per heavy atom. The first-order valence-electron chi connectivity index (χ1n) is 15.2. The molecule has 12 heteroatoms. The Morgan fingerprint density at radius 2 is 1.98 bits per heavy atom. The van der Waals surface area contributed by atoms with Crippen LogP contribution in [-0.2, 0) is 31.3 Å². The highest BCUT2D eigenvalue weighted by molar-refractivity contribution is 6.71. The third-order valence-corrected chi connectivity index (χ3v) is 11.9. The lowest BCUT2D eigenvalue weighted by molar-refractivity contribution is -0.150. The van der Waals surface area contributed by atoms with Crippen LogP contribution in [0.15, 0.2) is 42.5 Å². The fraction of sp³-hybridized carbons (Fsp3) is 0.531. The molecule has 0 unspecified atom stereocenters. The number of methoxy groups -OCH3 is 1. The molecule has 6 atom stereocenters. The maximum Gasteiger partial charge on any atom is 0.264 e. The molecule has 1 spiro atoms. The van der Waals surface area contributed by atoms with Gasteiger partial charge in [0.1, 0.15) is 11.9 Å². The molecule has 5 rings (SSSR count). The summed E-state index contributed by atoms with van der Waals surface area (Å²) in [5.41, 5.74) is 0.625. The minimum atomic E-state index is -2.98. The number of hydrogen-bond acceptors (Lipinski definition) is 8. The summed E-state index contributed by atoms with van der Waals surface area (Å²) in [6.07, 6.45) is -0.319. The van der Waals surface area contributed by atoms with E-state index in [4.69, 9.17) is 9.47 Å². The van der Waals surface area contributed by atoms with Crippen molar-refractivity contribution >= 4 is 37.4 Å². The Labute approximate surface area is 258 Å². The van der Waals surface area contributed by atoms with Gasteiger partial charge in [-0.3, -0.25) is 14.4 Å². The Balaban J connectivity index is 1.52. The number of hydrogen-bond donors (Lipinski definition) is 4. The van der Waals surface area contributed by atoms with Crippen LogP contribution in [0.4, 0.5) is 11.4 Å². The zero-order valence-electron chi connectivity index (χ0n) is 25.9. The van der Waals surface area contributed by atoms with Crippen LogP contribution >= 0.6 is 0 Å². The summed E-state index contributed by atoms with van der Waals surface area (Å²) in [6.45, 7) is 7.57. The van der Waals surface area contributed by atoms with E-state index < -0.39 is 43.5 Å². The number of rotatable bonds is 9. The molecule has 3 heterocycles. The van der Waals surface area contributed by atoms with Gasteiger partial charge in [0, 0.05) is 29.3 Å². The van der Waals surface area contributed by atoms with Crippen LogP contribution in [0.2, 0.25) is 18.6 Å². The lowest BCUT2D eigenvalue weighted by Gasteiger charge is -2.33. The van der Waals surface area contributed by atoms with E-state index in [9.17, 15) is 29.4 Å². The number of fused-ring (bicyclic) bond motifs is 2. The third kappa shape index (κ3) is 5.65. The van der Waals surface area contributed by atoms with Crippen molar-refractivity contribution in [1.29, 1.82) is 0 Å². The van der Waals surface area contributed by atoms with Crippen LogP contribution in [0.25, 0.3) is 0 Å². The molecule has 0 aliphatic carbocycles. The van der Waals surface area contributed by atoms with Crippen LogP contribution < -0.4 is 15.0 Å². The van der Waals surface area contributed by atoms with E-state index in [1.807, 2.05) is 32.2 Å². The number of anilines is 2. The zero-order chi connectivity index (χ0) is 32.0. The van der Waals surface area contributed by atoms with Crippen molar-refractivity contribution in [2.24, 2.45) is 5.92 Å². The number of ether oxygens (including phenoxy) is 2. The Bertz CT molecular complexity index is 1430. The van der Waals surface area contributed by atoms with Gasteiger partial charge in [0.05, 0.1) is 44.5 Å². The summed E-state index contributed by atoms with van der Waals surface area (Å²) in [5, 5.41) is 22.1. The van der Waals surface area contributed by atoms with Crippen LogP contribution in [-0.4, -0.2) is 84.5 Å². The predicted molar refractivity (Wildman–Crippen MR) is 167 cm³/mol. The Kier molecular flexibility index (Phi) is 8.93. The fourth-order valence-corrected chi connectivity index (χ4v) is 9.91. The van der Waals surface area contributed by atoms with E-state index >= 15 is 0 Å². The molecule has 238 valence electrons. The summed E-state index contributed by atoms with van der Waals surface area (Å²) in [6, 6.07) is 12.2. The van der Waals surface area contributed by atoms with Crippen LogP contribution in [0.1, 0.15) is 44.2 Å². The van der Waals surface area contributed by atoms with Crippen molar-refractivity contribution in [3.63, 3.8) is 0 Å². The van der Waals surface area contributed by atoms with E-state index in [-0.39, 0.29) is 37.4 Å². The fourth-order valence-electron chi connectivity index (χ4n) is 7.36. The molecular weight excluding hydrogens is 582 g/mol. The molecule has 0 saturated carbocycles. The number of nitrogens with one attached hydrogen (secondary N) is 1. The van der Waals surface area contributed by atoms with Crippen molar-refractivity contribution in [1.82, 2.24) is 4.90 Å². The number of benzene rings is 2. The molecular formula is C32H43N3O8Si. The van der Waals surface area contributed by atoms with Gasteiger partial charge in [-0.25, -0.2) is 0 Å². The van der Waals surface area contributed by atoms with Gasteiger partial charge < -0.3 is 39.6 Å². The van der Waals surface area contributed by atoms with Crippen molar-refractivity contribution in [3.8, 4) is 5.75 Å². The van der Waals surface area contributed by atoms with E-state index in [2.05, 4.69) is 5.32 Å². The van der Waals surface area contributed by atoms with Gasteiger partial charge in [0.15, 0.2) is 13.9 Å². The number of amides is 3. The van der Waals surface area contributed by atoms with Gasteiger partial charge in [-0.1, -0.05) is 19.1 Å². The predicted octanol–water partition coefficient (Wildman–Crippen LogP) is 2.73. The molecule has 2 fully saturated rings. The quantitative estimate of drug-likeness (QED) is 0.311. The second kappa shape index (κ2) is 12.2. The number of aliphatic hydroxyl groups is 2. The average Bonchev–Trinajstić information content (AvgIpc) is 3.63. The summed E-state index contributed by atoms with van der Waals surface area (Å²) in [7, 11) is -1.43. The number of carbonyl (C=O) groups is 3. The van der Waals surface area contributed by atoms with Gasteiger partial charge in [-0.15, -0.1) is 0 Å². The largest absolute Gasteiger partial charge is 0.497 e. The number of likely N-dealkylation sites (tertiary alicyclic amines) is 1. The normalized spacial score (nSPS) is 27.1. The van der Waals surface area contributed by atoms with Crippen molar-refractivity contribution in [2.45, 2.75) is 82.1 Å². The summed E-state index contributed by atoms with van der Waals surface area (Å²) < 4.78 is 12.3. The van der Waals surface area contributed by atoms with E-state index in [1.165, 1.54) is 6.92 Å². The molecule has 2 saturated heterocycles.